The van der Waals surface area contributed by atoms with Gasteiger partial charge >= 0.3 is 12.2 Å². The third-order valence-electron chi connectivity index (χ3n) is 8.96. The lowest BCUT2D eigenvalue weighted by molar-refractivity contribution is -0.0444. The van der Waals surface area contributed by atoms with Gasteiger partial charge in [0.05, 0.1) is 11.4 Å². The molecule has 4 heterocycles. The number of amides is 2. The molecule has 236 valence electrons. The summed E-state index contributed by atoms with van der Waals surface area (Å²) in [7, 11) is 2.10. The van der Waals surface area contributed by atoms with E-state index in [0.717, 1.165) is 46.9 Å². The highest BCUT2D eigenvalue weighted by atomic mass is 16.6. The molecule has 2 amide bonds. The molecule has 1 spiro atoms. The van der Waals surface area contributed by atoms with Crippen molar-refractivity contribution in [1.29, 1.82) is 0 Å². The summed E-state index contributed by atoms with van der Waals surface area (Å²) in [6.45, 7) is 20.9. The number of imidazole rings is 1. The van der Waals surface area contributed by atoms with Crippen LogP contribution in [0.1, 0.15) is 111 Å². The predicted octanol–water partition coefficient (Wildman–Crippen LogP) is 7.30. The maximum atomic E-state index is 13.1. The standard InChI is InChI=1S/C34H50N4O5/c1-21-12-13-24-25(18-21)41-34(15-17-37(22(2)19-34)29(39)42-31(3,4)5)27-26(24)35-28(36(27)11)23-14-16-38(33(9,10)20-23)30(40)43-32(6,7)8/h12-13,18,22-23H,14-17,19-20H2,1-11H3/t22-,23?,34+/m0/s1. The zero-order valence-corrected chi connectivity index (χ0v) is 28.0. The summed E-state index contributed by atoms with van der Waals surface area (Å²) < 4.78 is 20.7. The lowest BCUT2D eigenvalue weighted by atomic mass is 9.80. The largest absolute Gasteiger partial charge is 0.480 e. The van der Waals surface area contributed by atoms with Gasteiger partial charge in [0.15, 0.2) is 5.60 Å². The summed E-state index contributed by atoms with van der Waals surface area (Å²) in [4.78, 5) is 35.2. The second-order valence-electron chi connectivity index (χ2n) is 15.4. The van der Waals surface area contributed by atoms with Crippen molar-refractivity contribution in [2.75, 3.05) is 13.1 Å². The number of fused-ring (bicyclic) bond motifs is 4. The Morgan fingerprint density at radius 1 is 1.00 bits per heavy atom. The molecule has 0 bridgehead atoms. The molecule has 1 aromatic heterocycles. The van der Waals surface area contributed by atoms with E-state index < -0.39 is 22.3 Å². The third-order valence-corrected chi connectivity index (χ3v) is 8.96. The molecule has 3 atom stereocenters. The number of aryl methyl sites for hydroxylation is 1. The van der Waals surface area contributed by atoms with Crippen LogP contribution in [0.15, 0.2) is 18.2 Å². The molecule has 9 nitrogen and oxygen atoms in total. The van der Waals surface area contributed by atoms with Gasteiger partial charge in [-0.3, -0.25) is 0 Å². The molecule has 3 aliphatic heterocycles. The van der Waals surface area contributed by atoms with Crippen molar-refractivity contribution in [2.24, 2.45) is 7.05 Å². The van der Waals surface area contributed by atoms with E-state index in [9.17, 15) is 9.59 Å². The van der Waals surface area contributed by atoms with Crippen LogP contribution in [0, 0.1) is 6.92 Å². The Bertz CT molecular complexity index is 1410. The SMILES string of the molecule is Cc1ccc2c(c1)O[C@@]1(CCN(C(=O)OC(C)(C)C)[C@@H](C)C1)c1c-2nc(C2CCN(C(=O)OC(C)(C)C)C(C)(C)C2)n1C. The highest BCUT2D eigenvalue weighted by molar-refractivity contribution is 5.74. The van der Waals surface area contributed by atoms with Crippen molar-refractivity contribution in [1.82, 2.24) is 19.4 Å². The second kappa shape index (κ2) is 10.4. The van der Waals surface area contributed by atoms with E-state index in [1.54, 1.807) is 0 Å². The van der Waals surface area contributed by atoms with Crippen molar-refractivity contribution in [3.05, 3.63) is 35.3 Å². The highest BCUT2D eigenvalue weighted by Gasteiger charge is 2.51. The van der Waals surface area contributed by atoms with Crippen LogP contribution in [0.25, 0.3) is 11.3 Å². The summed E-state index contributed by atoms with van der Waals surface area (Å²) in [6.07, 6.45) is 2.29. The molecule has 0 saturated carbocycles. The monoisotopic (exact) mass is 594 g/mol. The first-order valence-corrected chi connectivity index (χ1v) is 15.7. The van der Waals surface area contributed by atoms with Gasteiger partial charge in [0, 0.05) is 56.0 Å². The fourth-order valence-electron chi connectivity index (χ4n) is 7.15. The van der Waals surface area contributed by atoms with E-state index in [1.807, 2.05) is 51.3 Å². The molecule has 9 heteroatoms. The number of nitrogens with zero attached hydrogens (tertiary/aromatic N) is 4. The molecular weight excluding hydrogens is 544 g/mol. The van der Waals surface area contributed by atoms with E-state index in [0.29, 0.717) is 25.9 Å². The first kappa shape index (κ1) is 31.2. The lowest BCUT2D eigenvalue weighted by Crippen LogP contribution is -2.54. The van der Waals surface area contributed by atoms with Gasteiger partial charge in [0.25, 0.3) is 0 Å². The molecule has 43 heavy (non-hydrogen) atoms. The van der Waals surface area contributed by atoms with Crippen LogP contribution in [0.3, 0.4) is 0 Å². The molecule has 0 N–H and O–H groups in total. The first-order chi connectivity index (χ1) is 19.8. The topological polar surface area (TPSA) is 86.1 Å². The van der Waals surface area contributed by atoms with E-state index in [4.69, 9.17) is 19.2 Å². The first-order valence-electron chi connectivity index (χ1n) is 15.7. The number of piperidine rings is 2. The molecule has 0 aliphatic carbocycles. The van der Waals surface area contributed by atoms with Crippen molar-refractivity contribution in [2.45, 2.75) is 129 Å². The minimum Gasteiger partial charge on any atom is -0.480 e. The highest BCUT2D eigenvalue weighted by Crippen LogP contribution is 2.52. The molecule has 1 unspecified atom stereocenters. The number of ether oxygens (including phenoxy) is 3. The molecule has 0 radical (unpaired) electrons. The molecule has 3 aliphatic rings. The number of likely N-dealkylation sites (tertiary alicyclic amines) is 2. The van der Waals surface area contributed by atoms with E-state index in [1.165, 1.54) is 0 Å². The minimum absolute atomic E-state index is 0.0860. The van der Waals surface area contributed by atoms with Crippen molar-refractivity contribution >= 4 is 12.2 Å². The fourth-order valence-corrected chi connectivity index (χ4v) is 7.15. The zero-order valence-electron chi connectivity index (χ0n) is 28.0. The Kier molecular flexibility index (Phi) is 7.58. The number of carbonyl (C=O) groups excluding carboxylic acids is 2. The Labute approximate surface area is 256 Å². The summed E-state index contributed by atoms with van der Waals surface area (Å²) in [5, 5.41) is 0. The van der Waals surface area contributed by atoms with Gasteiger partial charge in [0.2, 0.25) is 0 Å². The number of rotatable bonds is 1. The Morgan fingerprint density at radius 2 is 1.65 bits per heavy atom. The Balaban J connectivity index is 1.49. The molecule has 2 aromatic rings. The van der Waals surface area contributed by atoms with Gasteiger partial charge in [-0.25, -0.2) is 14.6 Å². The maximum Gasteiger partial charge on any atom is 0.410 e. The number of hydrogen-bond acceptors (Lipinski definition) is 6. The third kappa shape index (κ3) is 5.96. The van der Waals surface area contributed by atoms with Crippen LogP contribution in [-0.2, 0) is 22.1 Å². The van der Waals surface area contributed by atoms with Crippen LogP contribution < -0.4 is 4.74 Å². The van der Waals surface area contributed by atoms with Gasteiger partial charge in [-0.15, -0.1) is 0 Å². The van der Waals surface area contributed by atoms with Crippen molar-refractivity contribution < 1.29 is 23.8 Å². The zero-order chi connectivity index (χ0) is 31.7. The maximum absolute atomic E-state index is 13.1. The van der Waals surface area contributed by atoms with E-state index >= 15 is 0 Å². The number of carbonyl (C=O) groups is 2. The average molecular weight is 595 g/mol. The Morgan fingerprint density at radius 3 is 2.26 bits per heavy atom. The molecule has 5 rings (SSSR count). The normalized spacial score (nSPS) is 25.1. The van der Waals surface area contributed by atoms with Gasteiger partial charge in [-0.2, -0.15) is 0 Å². The lowest BCUT2D eigenvalue weighted by Gasteiger charge is -2.47. The number of hydrogen-bond donors (Lipinski definition) is 0. The van der Waals surface area contributed by atoms with Crippen LogP contribution >= 0.6 is 0 Å². The Hall–Kier alpha value is -3.23. The van der Waals surface area contributed by atoms with Gasteiger partial charge in [-0.05, 0) is 99.8 Å². The molecule has 2 fully saturated rings. The summed E-state index contributed by atoms with van der Waals surface area (Å²) in [5.41, 5.74) is 2.05. The van der Waals surface area contributed by atoms with Gasteiger partial charge in [0.1, 0.15) is 22.8 Å². The molecular formula is C34H50N4O5. The van der Waals surface area contributed by atoms with Crippen LogP contribution in [-0.4, -0.2) is 67.4 Å². The number of aromatic nitrogens is 2. The van der Waals surface area contributed by atoms with Crippen molar-refractivity contribution in [3.63, 3.8) is 0 Å². The van der Waals surface area contributed by atoms with E-state index in [2.05, 4.69) is 57.5 Å². The van der Waals surface area contributed by atoms with Gasteiger partial charge < -0.3 is 28.6 Å². The smallest absolute Gasteiger partial charge is 0.410 e. The number of benzene rings is 1. The predicted molar refractivity (Wildman–Crippen MR) is 166 cm³/mol. The van der Waals surface area contributed by atoms with Crippen LogP contribution in [0.2, 0.25) is 0 Å². The second-order valence-corrected chi connectivity index (χ2v) is 15.4. The van der Waals surface area contributed by atoms with Crippen LogP contribution in [0.4, 0.5) is 9.59 Å². The minimum atomic E-state index is -0.624. The molecule has 1 aromatic carbocycles. The van der Waals surface area contributed by atoms with E-state index in [-0.39, 0.29) is 24.1 Å². The van der Waals surface area contributed by atoms with Gasteiger partial charge in [-0.1, -0.05) is 6.07 Å². The summed E-state index contributed by atoms with van der Waals surface area (Å²) in [5.74, 6) is 2.02. The quantitative estimate of drug-likeness (QED) is 0.345. The fraction of sp³-hybridized carbons (Fsp3) is 0.676. The average Bonchev–Trinajstić information content (AvgIpc) is 3.19. The van der Waals surface area contributed by atoms with Crippen molar-refractivity contribution in [3.8, 4) is 17.0 Å². The van der Waals surface area contributed by atoms with Crippen LogP contribution in [0.5, 0.6) is 5.75 Å². The summed E-state index contributed by atoms with van der Waals surface area (Å²) >= 11 is 0. The summed E-state index contributed by atoms with van der Waals surface area (Å²) in [6, 6.07) is 6.23. The molecule has 2 saturated heterocycles.